The molecule has 1 unspecified atom stereocenters. The molecule has 0 saturated carbocycles. The van der Waals surface area contributed by atoms with E-state index in [2.05, 4.69) is 17.6 Å². The molecule has 2 amide bonds. The summed E-state index contributed by atoms with van der Waals surface area (Å²) in [5, 5.41) is 5.27. The first-order valence-electron chi connectivity index (χ1n) is 7.39. The monoisotopic (exact) mass is 322 g/mol. The van der Waals surface area contributed by atoms with Gasteiger partial charge in [0.05, 0.1) is 5.60 Å². The first-order valence-corrected chi connectivity index (χ1v) is 8.55. The molecule has 0 aliphatic carbocycles. The van der Waals surface area contributed by atoms with E-state index < -0.39 is 11.8 Å². The van der Waals surface area contributed by atoms with Crippen LogP contribution in [-0.2, 0) is 20.7 Å². The lowest BCUT2D eigenvalue weighted by Crippen LogP contribution is -2.47. The Morgan fingerprint density at radius 3 is 2.55 bits per heavy atom. The molecule has 120 valence electrons. The number of anilines is 1. The molecule has 1 aromatic carbocycles. The molecule has 0 spiro atoms. The molecule has 22 heavy (non-hydrogen) atoms. The van der Waals surface area contributed by atoms with E-state index in [0.29, 0.717) is 12.2 Å². The van der Waals surface area contributed by atoms with Crippen LogP contribution in [-0.4, -0.2) is 42.6 Å². The normalized spacial score (nSPS) is 20.6. The molecule has 2 rings (SSSR count). The first kappa shape index (κ1) is 16.8. The van der Waals surface area contributed by atoms with E-state index in [1.807, 2.05) is 12.1 Å². The van der Waals surface area contributed by atoms with Gasteiger partial charge in [-0.1, -0.05) is 19.1 Å². The number of thioether (sulfide) groups is 1. The van der Waals surface area contributed by atoms with E-state index in [0.717, 1.165) is 24.3 Å². The van der Waals surface area contributed by atoms with Gasteiger partial charge in [-0.05, 0) is 36.3 Å². The van der Waals surface area contributed by atoms with E-state index in [1.165, 1.54) is 5.56 Å². The minimum absolute atomic E-state index is 0.344. The fraction of sp³-hybridized carbons (Fsp3) is 0.500. The summed E-state index contributed by atoms with van der Waals surface area (Å²) in [6.45, 7) is 2.42. The van der Waals surface area contributed by atoms with Crippen LogP contribution in [0.25, 0.3) is 0 Å². The van der Waals surface area contributed by atoms with Crippen molar-refractivity contribution in [3.05, 3.63) is 29.8 Å². The SMILES string of the molecule is CCc1ccc(NC(=O)C(=O)NCC2(OC)CCSC2)cc1. The number of hydrogen-bond donors (Lipinski definition) is 2. The number of amides is 2. The van der Waals surface area contributed by atoms with Crippen LogP contribution in [0.3, 0.4) is 0 Å². The van der Waals surface area contributed by atoms with Crippen molar-refractivity contribution in [1.29, 1.82) is 0 Å². The van der Waals surface area contributed by atoms with Gasteiger partial charge in [-0.25, -0.2) is 0 Å². The predicted octanol–water partition coefficient (Wildman–Crippen LogP) is 1.83. The number of carbonyl (C=O) groups excluding carboxylic acids is 2. The number of hydrogen-bond acceptors (Lipinski definition) is 4. The summed E-state index contributed by atoms with van der Waals surface area (Å²) in [4.78, 5) is 23.8. The van der Waals surface area contributed by atoms with Crippen LogP contribution < -0.4 is 10.6 Å². The molecule has 0 bridgehead atoms. The van der Waals surface area contributed by atoms with Crippen molar-refractivity contribution < 1.29 is 14.3 Å². The lowest BCUT2D eigenvalue weighted by molar-refractivity contribution is -0.136. The van der Waals surface area contributed by atoms with Crippen LogP contribution in [0.5, 0.6) is 0 Å². The first-order chi connectivity index (χ1) is 10.6. The maximum atomic E-state index is 11.9. The maximum Gasteiger partial charge on any atom is 0.313 e. The Morgan fingerprint density at radius 2 is 2.00 bits per heavy atom. The maximum absolute atomic E-state index is 11.9. The van der Waals surface area contributed by atoms with Crippen molar-refractivity contribution in [2.75, 3.05) is 30.5 Å². The van der Waals surface area contributed by atoms with E-state index in [-0.39, 0.29) is 5.60 Å². The minimum Gasteiger partial charge on any atom is -0.376 e. The molecule has 1 aliphatic heterocycles. The zero-order valence-electron chi connectivity index (χ0n) is 13.0. The van der Waals surface area contributed by atoms with Crippen molar-refractivity contribution in [3.8, 4) is 0 Å². The summed E-state index contributed by atoms with van der Waals surface area (Å²) in [6, 6.07) is 7.47. The minimum atomic E-state index is -0.652. The zero-order valence-corrected chi connectivity index (χ0v) is 13.8. The topological polar surface area (TPSA) is 67.4 Å². The second-order valence-electron chi connectivity index (χ2n) is 5.38. The molecular formula is C16H22N2O3S. The number of benzene rings is 1. The van der Waals surface area contributed by atoms with E-state index in [4.69, 9.17) is 4.74 Å². The molecular weight excluding hydrogens is 300 g/mol. The standard InChI is InChI=1S/C16H22N2O3S/c1-3-12-4-6-13(7-5-12)18-15(20)14(19)17-10-16(21-2)8-9-22-11-16/h4-7H,3,8-11H2,1-2H3,(H,17,19)(H,18,20). The third-order valence-electron chi connectivity index (χ3n) is 3.90. The summed E-state index contributed by atoms with van der Waals surface area (Å²) in [7, 11) is 1.65. The summed E-state index contributed by atoms with van der Waals surface area (Å²) >= 11 is 1.79. The zero-order chi connectivity index (χ0) is 16.0. The second kappa shape index (κ2) is 7.65. The molecule has 6 heteroatoms. The summed E-state index contributed by atoms with van der Waals surface area (Å²) in [5.41, 5.74) is 1.46. The van der Waals surface area contributed by atoms with Crippen molar-refractivity contribution >= 4 is 29.3 Å². The molecule has 1 atom stereocenters. The van der Waals surface area contributed by atoms with Gasteiger partial charge in [0.1, 0.15) is 0 Å². The van der Waals surface area contributed by atoms with Crippen LogP contribution in [0.1, 0.15) is 18.9 Å². The molecule has 0 aromatic heterocycles. The molecule has 1 fully saturated rings. The Bertz CT molecular complexity index is 525. The summed E-state index contributed by atoms with van der Waals surface area (Å²) < 4.78 is 5.51. The van der Waals surface area contributed by atoms with E-state index in [9.17, 15) is 9.59 Å². The van der Waals surface area contributed by atoms with Gasteiger partial charge in [0, 0.05) is 25.1 Å². The molecule has 0 radical (unpaired) electrons. The van der Waals surface area contributed by atoms with Crippen LogP contribution in [0.15, 0.2) is 24.3 Å². The lowest BCUT2D eigenvalue weighted by Gasteiger charge is -2.26. The fourth-order valence-electron chi connectivity index (χ4n) is 2.29. The van der Waals surface area contributed by atoms with Gasteiger partial charge in [0.15, 0.2) is 0 Å². The summed E-state index contributed by atoms with van der Waals surface area (Å²) in [6.07, 6.45) is 1.82. The van der Waals surface area contributed by atoms with Gasteiger partial charge in [0.2, 0.25) is 0 Å². The molecule has 1 aromatic rings. The van der Waals surface area contributed by atoms with E-state index in [1.54, 1.807) is 31.0 Å². The second-order valence-corrected chi connectivity index (χ2v) is 6.48. The Kier molecular flexibility index (Phi) is 5.85. The van der Waals surface area contributed by atoms with Crippen molar-refractivity contribution in [1.82, 2.24) is 5.32 Å². The Morgan fingerprint density at radius 1 is 1.27 bits per heavy atom. The average Bonchev–Trinajstić information content (AvgIpc) is 3.02. The number of nitrogens with one attached hydrogen (secondary N) is 2. The number of aryl methyl sites for hydroxylation is 1. The molecule has 2 N–H and O–H groups in total. The summed E-state index contributed by atoms with van der Waals surface area (Å²) in [5.74, 6) is 0.567. The Hall–Kier alpha value is -1.53. The van der Waals surface area contributed by atoms with Crippen LogP contribution in [0, 0.1) is 0 Å². The molecule has 5 nitrogen and oxygen atoms in total. The smallest absolute Gasteiger partial charge is 0.313 e. The van der Waals surface area contributed by atoms with Gasteiger partial charge < -0.3 is 15.4 Å². The highest BCUT2D eigenvalue weighted by atomic mass is 32.2. The highest BCUT2D eigenvalue weighted by molar-refractivity contribution is 7.99. The van der Waals surface area contributed by atoms with Crippen molar-refractivity contribution in [2.45, 2.75) is 25.4 Å². The number of carbonyl (C=O) groups is 2. The number of ether oxygens (including phenoxy) is 1. The number of rotatable bonds is 5. The van der Waals surface area contributed by atoms with E-state index >= 15 is 0 Å². The van der Waals surface area contributed by atoms with Gasteiger partial charge in [-0.3, -0.25) is 9.59 Å². The van der Waals surface area contributed by atoms with Gasteiger partial charge in [-0.15, -0.1) is 0 Å². The fourth-order valence-corrected chi connectivity index (χ4v) is 3.69. The molecule has 1 aliphatic rings. The third kappa shape index (κ3) is 4.24. The van der Waals surface area contributed by atoms with Crippen molar-refractivity contribution in [3.63, 3.8) is 0 Å². The van der Waals surface area contributed by atoms with Crippen LogP contribution in [0.2, 0.25) is 0 Å². The van der Waals surface area contributed by atoms with Gasteiger partial charge >= 0.3 is 11.8 Å². The number of methoxy groups -OCH3 is 1. The van der Waals surface area contributed by atoms with Crippen molar-refractivity contribution in [2.24, 2.45) is 0 Å². The Labute approximate surface area is 135 Å². The van der Waals surface area contributed by atoms with Gasteiger partial charge in [0.25, 0.3) is 0 Å². The lowest BCUT2D eigenvalue weighted by atomic mass is 10.0. The molecule has 1 heterocycles. The quantitative estimate of drug-likeness (QED) is 0.812. The average molecular weight is 322 g/mol. The van der Waals surface area contributed by atoms with Crippen LogP contribution >= 0.6 is 11.8 Å². The highest BCUT2D eigenvalue weighted by Gasteiger charge is 2.35. The van der Waals surface area contributed by atoms with Gasteiger partial charge in [-0.2, -0.15) is 11.8 Å². The Balaban J connectivity index is 1.85. The van der Waals surface area contributed by atoms with Crippen LogP contribution in [0.4, 0.5) is 5.69 Å². The third-order valence-corrected chi connectivity index (χ3v) is 5.12. The highest BCUT2D eigenvalue weighted by Crippen LogP contribution is 2.30. The predicted molar refractivity (Wildman–Crippen MR) is 89.1 cm³/mol. The molecule has 1 saturated heterocycles. The largest absolute Gasteiger partial charge is 0.376 e.